The van der Waals surface area contributed by atoms with Gasteiger partial charge < -0.3 is 5.32 Å². The lowest BCUT2D eigenvalue weighted by atomic mass is 10.1. The molecule has 0 aromatic carbocycles. The van der Waals surface area contributed by atoms with Gasteiger partial charge in [-0.15, -0.1) is 0 Å². The van der Waals surface area contributed by atoms with Crippen LogP contribution in [0.2, 0.25) is 0 Å². The van der Waals surface area contributed by atoms with Crippen molar-refractivity contribution in [2.24, 2.45) is 5.92 Å². The molecule has 86 valence electrons. The Kier molecular flexibility index (Phi) is 8.20. The van der Waals surface area contributed by atoms with Crippen molar-refractivity contribution in [1.82, 2.24) is 10.2 Å². The van der Waals surface area contributed by atoms with E-state index >= 15 is 0 Å². The van der Waals surface area contributed by atoms with E-state index in [1.807, 2.05) is 0 Å². The number of likely N-dealkylation sites (N-methyl/N-ethyl adjacent to an activating group) is 1. The maximum Gasteiger partial charge on any atom is 0.0109 e. The third-order valence-corrected chi connectivity index (χ3v) is 2.61. The molecule has 0 fully saturated rings. The van der Waals surface area contributed by atoms with Crippen LogP contribution in [0.25, 0.3) is 0 Å². The molecule has 0 heterocycles. The van der Waals surface area contributed by atoms with Crippen molar-refractivity contribution in [2.75, 3.05) is 26.2 Å². The Morgan fingerprint density at radius 3 is 2.14 bits per heavy atom. The van der Waals surface area contributed by atoms with Crippen LogP contribution in [0, 0.1) is 5.92 Å². The highest BCUT2D eigenvalue weighted by Crippen LogP contribution is 1.97. The predicted octanol–water partition coefficient (Wildman–Crippen LogP) is 2.35. The first-order valence-corrected chi connectivity index (χ1v) is 6.02. The molecule has 2 heteroatoms. The zero-order valence-electron chi connectivity index (χ0n) is 10.6. The van der Waals surface area contributed by atoms with Crippen molar-refractivity contribution in [2.45, 2.75) is 47.1 Å². The second-order valence-electron chi connectivity index (χ2n) is 4.65. The number of nitrogens with one attached hydrogen (secondary N) is 1. The second-order valence-corrected chi connectivity index (χ2v) is 4.65. The molecule has 0 rings (SSSR count). The monoisotopic (exact) mass is 200 g/mol. The highest BCUT2D eigenvalue weighted by atomic mass is 15.2. The van der Waals surface area contributed by atoms with E-state index in [2.05, 4.69) is 44.8 Å². The van der Waals surface area contributed by atoms with E-state index in [9.17, 15) is 0 Å². The van der Waals surface area contributed by atoms with E-state index in [0.717, 1.165) is 25.6 Å². The van der Waals surface area contributed by atoms with E-state index in [4.69, 9.17) is 0 Å². The Balaban J connectivity index is 3.33. The molecule has 2 nitrogen and oxygen atoms in total. The topological polar surface area (TPSA) is 15.3 Å². The van der Waals surface area contributed by atoms with E-state index in [1.165, 1.54) is 13.0 Å². The van der Waals surface area contributed by atoms with Crippen LogP contribution in [-0.4, -0.2) is 37.1 Å². The van der Waals surface area contributed by atoms with Crippen LogP contribution >= 0.6 is 0 Å². The van der Waals surface area contributed by atoms with Gasteiger partial charge in [0.2, 0.25) is 0 Å². The van der Waals surface area contributed by atoms with Gasteiger partial charge in [0.1, 0.15) is 0 Å². The maximum atomic E-state index is 3.49. The minimum atomic E-state index is 0.673. The highest BCUT2D eigenvalue weighted by Gasteiger charge is 2.05. The van der Waals surface area contributed by atoms with Crippen molar-refractivity contribution in [1.29, 1.82) is 0 Å². The fourth-order valence-corrected chi connectivity index (χ4v) is 1.52. The molecule has 0 aliphatic carbocycles. The van der Waals surface area contributed by atoms with Crippen LogP contribution in [-0.2, 0) is 0 Å². The first-order chi connectivity index (χ1) is 6.57. The van der Waals surface area contributed by atoms with Gasteiger partial charge in [-0.3, -0.25) is 4.90 Å². The van der Waals surface area contributed by atoms with Gasteiger partial charge in [0.25, 0.3) is 0 Å². The summed E-state index contributed by atoms with van der Waals surface area (Å²) in [6.07, 6.45) is 1.29. The summed E-state index contributed by atoms with van der Waals surface area (Å²) in [5.41, 5.74) is 0. The van der Waals surface area contributed by atoms with Gasteiger partial charge in [-0.05, 0) is 39.3 Å². The Bertz CT molecular complexity index is 121. The average molecular weight is 200 g/mol. The summed E-state index contributed by atoms with van der Waals surface area (Å²) in [5, 5.41) is 3.49. The van der Waals surface area contributed by atoms with Crippen molar-refractivity contribution in [3.63, 3.8) is 0 Å². The van der Waals surface area contributed by atoms with Gasteiger partial charge in [0.15, 0.2) is 0 Å². The zero-order valence-corrected chi connectivity index (χ0v) is 10.6. The first-order valence-electron chi connectivity index (χ1n) is 6.02. The normalized spacial score (nSPS) is 12.0. The summed E-state index contributed by atoms with van der Waals surface area (Å²) >= 11 is 0. The molecule has 0 spiro atoms. The summed E-state index contributed by atoms with van der Waals surface area (Å²) < 4.78 is 0. The van der Waals surface area contributed by atoms with E-state index in [-0.39, 0.29) is 0 Å². The predicted molar refractivity (Wildman–Crippen MR) is 64.7 cm³/mol. The Labute approximate surface area is 90.1 Å². The van der Waals surface area contributed by atoms with Crippen molar-refractivity contribution in [3.8, 4) is 0 Å². The first kappa shape index (κ1) is 13.9. The standard InChI is InChI=1S/C12H28N2/c1-6-14(12(4)5)10-9-13-8-7-11(2)3/h11-13H,6-10H2,1-5H3. The molecular weight excluding hydrogens is 172 g/mol. The van der Waals surface area contributed by atoms with E-state index in [0.29, 0.717) is 6.04 Å². The van der Waals surface area contributed by atoms with Gasteiger partial charge in [0.05, 0.1) is 0 Å². The van der Waals surface area contributed by atoms with Gasteiger partial charge in [-0.2, -0.15) is 0 Å². The third kappa shape index (κ3) is 7.34. The highest BCUT2D eigenvalue weighted by molar-refractivity contribution is 4.62. The minimum absolute atomic E-state index is 0.673. The largest absolute Gasteiger partial charge is 0.315 e. The molecule has 0 bridgehead atoms. The molecular formula is C12H28N2. The number of hydrogen-bond donors (Lipinski definition) is 1. The van der Waals surface area contributed by atoms with Gasteiger partial charge in [-0.1, -0.05) is 20.8 Å². The fourth-order valence-electron chi connectivity index (χ4n) is 1.52. The number of nitrogens with zero attached hydrogens (tertiary/aromatic N) is 1. The van der Waals surface area contributed by atoms with Crippen LogP contribution in [0.4, 0.5) is 0 Å². The summed E-state index contributed by atoms with van der Waals surface area (Å²) in [7, 11) is 0. The van der Waals surface area contributed by atoms with Crippen LogP contribution in [0.5, 0.6) is 0 Å². The molecule has 0 saturated heterocycles. The van der Waals surface area contributed by atoms with Crippen molar-refractivity contribution in [3.05, 3.63) is 0 Å². The smallest absolute Gasteiger partial charge is 0.0109 e. The molecule has 0 aromatic rings. The van der Waals surface area contributed by atoms with E-state index < -0.39 is 0 Å². The molecule has 0 aliphatic rings. The fraction of sp³-hybridized carbons (Fsp3) is 1.00. The molecule has 0 radical (unpaired) electrons. The third-order valence-electron chi connectivity index (χ3n) is 2.61. The Morgan fingerprint density at radius 2 is 1.71 bits per heavy atom. The molecule has 14 heavy (non-hydrogen) atoms. The molecule has 0 atom stereocenters. The lowest BCUT2D eigenvalue weighted by Gasteiger charge is -2.24. The van der Waals surface area contributed by atoms with Crippen LogP contribution < -0.4 is 5.32 Å². The minimum Gasteiger partial charge on any atom is -0.315 e. The molecule has 0 amide bonds. The van der Waals surface area contributed by atoms with E-state index in [1.54, 1.807) is 0 Å². The molecule has 0 unspecified atom stereocenters. The summed E-state index contributed by atoms with van der Waals surface area (Å²) in [6, 6.07) is 0.673. The average Bonchev–Trinajstić information content (AvgIpc) is 2.10. The van der Waals surface area contributed by atoms with Crippen LogP contribution in [0.15, 0.2) is 0 Å². The van der Waals surface area contributed by atoms with Gasteiger partial charge in [0, 0.05) is 19.1 Å². The van der Waals surface area contributed by atoms with Gasteiger partial charge >= 0.3 is 0 Å². The lowest BCUT2D eigenvalue weighted by molar-refractivity contribution is 0.233. The summed E-state index contributed by atoms with van der Waals surface area (Å²) in [6.45, 7) is 15.9. The van der Waals surface area contributed by atoms with Crippen molar-refractivity contribution >= 4 is 0 Å². The Hall–Kier alpha value is -0.0800. The quantitative estimate of drug-likeness (QED) is 0.605. The molecule has 0 aliphatic heterocycles. The van der Waals surface area contributed by atoms with Crippen LogP contribution in [0.3, 0.4) is 0 Å². The molecule has 0 aromatic heterocycles. The summed E-state index contributed by atoms with van der Waals surface area (Å²) in [5.74, 6) is 0.815. The lowest BCUT2D eigenvalue weighted by Crippen LogP contribution is -2.37. The SMILES string of the molecule is CCN(CCNCCC(C)C)C(C)C. The zero-order chi connectivity index (χ0) is 11.0. The summed E-state index contributed by atoms with van der Waals surface area (Å²) in [4.78, 5) is 2.49. The van der Waals surface area contributed by atoms with Crippen molar-refractivity contribution < 1.29 is 0 Å². The Morgan fingerprint density at radius 1 is 1.07 bits per heavy atom. The molecule has 0 saturated carbocycles. The number of rotatable bonds is 8. The van der Waals surface area contributed by atoms with Crippen LogP contribution in [0.1, 0.15) is 41.0 Å². The van der Waals surface area contributed by atoms with Gasteiger partial charge in [-0.25, -0.2) is 0 Å². The maximum absolute atomic E-state index is 3.49. The second kappa shape index (κ2) is 8.25. The number of hydrogen-bond acceptors (Lipinski definition) is 2. The molecule has 1 N–H and O–H groups in total.